The normalized spacial score (nSPS) is 13.4. The lowest BCUT2D eigenvalue weighted by Gasteiger charge is -2.17. The largest absolute Gasteiger partial charge is 0.507 e. The van der Waals surface area contributed by atoms with Gasteiger partial charge in [0, 0.05) is 18.1 Å². The number of rotatable bonds is 1. The highest BCUT2D eigenvalue weighted by atomic mass is 35.5. The molecule has 0 saturated heterocycles. The van der Waals surface area contributed by atoms with E-state index in [9.17, 15) is 9.90 Å². The van der Waals surface area contributed by atoms with Crippen LogP contribution in [0.3, 0.4) is 0 Å². The number of phenolic OH excluding ortho intramolecular Hbond substituents is 1. The molecule has 0 unspecified atom stereocenters. The first kappa shape index (κ1) is 13.3. The van der Waals surface area contributed by atoms with Crippen molar-refractivity contribution in [3.63, 3.8) is 0 Å². The molecule has 2 aromatic carbocycles. The molecule has 2 aromatic rings. The van der Waals surface area contributed by atoms with E-state index < -0.39 is 0 Å². The molecule has 0 radical (unpaired) electrons. The molecular formula is C15H11Cl2NO2. The number of nitrogens with zero attached hydrogens (tertiary/aromatic N) is 1. The second kappa shape index (κ2) is 5.00. The van der Waals surface area contributed by atoms with Crippen molar-refractivity contribution < 1.29 is 9.90 Å². The Morgan fingerprint density at radius 3 is 2.25 bits per heavy atom. The summed E-state index contributed by atoms with van der Waals surface area (Å²) in [4.78, 5) is 14.2. The first-order valence-corrected chi connectivity index (χ1v) is 6.86. The lowest BCUT2D eigenvalue weighted by molar-refractivity contribution is 0.0748. The third kappa shape index (κ3) is 2.23. The fraction of sp³-hybridized carbons (Fsp3) is 0.133. The number of carbonyl (C=O) groups excluding carboxylic acids is 1. The van der Waals surface area contributed by atoms with Crippen LogP contribution in [-0.4, -0.2) is 15.9 Å². The first-order valence-electron chi connectivity index (χ1n) is 6.10. The van der Waals surface area contributed by atoms with Gasteiger partial charge in [0.05, 0.1) is 10.6 Å². The van der Waals surface area contributed by atoms with Crippen molar-refractivity contribution in [3.8, 4) is 5.75 Å². The molecule has 0 spiro atoms. The van der Waals surface area contributed by atoms with Crippen LogP contribution in [0.15, 0.2) is 36.4 Å². The molecule has 3 nitrogen and oxygen atoms in total. The second-order valence-electron chi connectivity index (χ2n) is 4.71. The lowest BCUT2D eigenvalue weighted by atomic mass is 10.1. The van der Waals surface area contributed by atoms with Crippen LogP contribution in [0.2, 0.25) is 10.0 Å². The zero-order valence-electron chi connectivity index (χ0n) is 10.4. The highest BCUT2D eigenvalue weighted by molar-refractivity contribution is 6.37. The maximum atomic E-state index is 12.5. The van der Waals surface area contributed by atoms with E-state index in [2.05, 4.69) is 0 Å². The summed E-state index contributed by atoms with van der Waals surface area (Å²) in [6.45, 7) is 1.04. The van der Waals surface area contributed by atoms with E-state index >= 15 is 0 Å². The summed E-state index contributed by atoms with van der Waals surface area (Å²) in [5.74, 6) is -0.483. The third-order valence-corrected chi connectivity index (χ3v) is 3.89. The molecule has 0 bridgehead atoms. The number of benzene rings is 2. The summed E-state index contributed by atoms with van der Waals surface area (Å²) in [7, 11) is 0. The van der Waals surface area contributed by atoms with Crippen LogP contribution in [0.5, 0.6) is 5.75 Å². The molecule has 3 rings (SSSR count). The zero-order valence-corrected chi connectivity index (χ0v) is 11.9. The van der Waals surface area contributed by atoms with Crippen molar-refractivity contribution in [1.29, 1.82) is 0 Å². The predicted molar refractivity (Wildman–Crippen MR) is 78.1 cm³/mol. The van der Waals surface area contributed by atoms with Gasteiger partial charge in [0.1, 0.15) is 5.75 Å². The number of phenols is 1. The minimum absolute atomic E-state index is 0.101. The molecule has 102 valence electrons. The van der Waals surface area contributed by atoms with Crippen LogP contribution >= 0.6 is 23.2 Å². The Hall–Kier alpha value is -1.71. The van der Waals surface area contributed by atoms with Gasteiger partial charge in [-0.1, -0.05) is 47.5 Å². The molecule has 0 aromatic heterocycles. The van der Waals surface area contributed by atoms with E-state index in [-0.39, 0.29) is 22.2 Å². The summed E-state index contributed by atoms with van der Waals surface area (Å²) in [6.07, 6.45) is 0. The average Bonchev–Trinajstić information content (AvgIpc) is 2.81. The van der Waals surface area contributed by atoms with Gasteiger partial charge >= 0.3 is 0 Å². The Morgan fingerprint density at radius 1 is 1.10 bits per heavy atom. The van der Waals surface area contributed by atoms with Gasteiger partial charge in [-0.15, -0.1) is 0 Å². The SMILES string of the molecule is O=C(c1c(O)cc(Cl)cc1Cl)N1Cc2ccccc2C1. The summed E-state index contributed by atoms with van der Waals surface area (Å²) >= 11 is 11.8. The van der Waals surface area contributed by atoms with Crippen LogP contribution in [0.25, 0.3) is 0 Å². The smallest absolute Gasteiger partial charge is 0.259 e. The zero-order chi connectivity index (χ0) is 14.3. The first-order chi connectivity index (χ1) is 9.56. The summed E-state index contributed by atoms with van der Waals surface area (Å²) in [5.41, 5.74) is 2.33. The van der Waals surface area contributed by atoms with Crippen molar-refractivity contribution in [3.05, 3.63) is 63.1 Å². The molecule has 1 aliphatic rings. The van der Waals surface area contributed by atoms with E-state index in [1.54, 1.807) is 4.90 Å². The molecule has 1 N–H and O–H groups in total. The summed E-state index contributed by atoms with van der Waals surface area (Å²) < 4.78 is 0. The van der Waals surface area contributed by atoms with Crippen LogP contribution in [-0.2, 0) is 13.1 Å². The number of amides is 1. The van der Waals surface area contributed by atoms with E-state index in [4.69, 9.17) is 23.2 Å². The predicted octanol–water partition coefficient (Wildman–Crippen LogP) is 3.86. The monoisotopic (exact) mass is 307 g/mol. The third-order valence-electron chi connectivity index (χ3n) is 3.38. The number of hydrogen-bond acceptors (Lipinski definition) is 2. The van der Waals surface area contributed by atoms with Crippen LogP contribution in [0.1, 0.15) is 21.5 Å². The molecule has 0 saturated carbocycles. The van der Waals surface area contributed by atoms with E-state index in [0.29, 0.717) is 18.1 Å². The van der Waals surface area contributed by atoms with Crippen molar-refractivity contribution >= 4 is 29.1 Å². The molecular weight excluding hydrogens is 297 g/mol. The molecule has 5 heteroatoms. The number of aromatic hydroxyl groups is 1. The Labute approximate surface area is 126 Å². The quantitative estimate of drug-likeness (QED) is 0.869. The number of halogens is 2. The Bertz CT molecular complexity index is 652. The van der Waals surface area contributed by atoms with Gasteiger partial charge in [-0.2, -0.15) is 0 Å². The van der Waals surface area contributed by atoms with Gasteiger partial charge in [-0.25, -0.2) is 0 Å². The van der Waals surface area contributed by atoms with Gasteiger partial charge < -0.3 is 10.0 Å². The second-order valence-corrected chi connectivity index (χ2v) is 5.56. The van der Waals surface area contributed by atoms with Crippen molar-refractivity contribution in [2.45, 2.75) is 13.1 Å². The number of fused-ring (bicyclic) bond motifs is 1. The standard InChI is InChI=1S/C15H11Cl2NO2/c16-11-5-12(17)14(13(19)6-11)15(20)18-7-9-3-1-2-4-10(9)8-18/h1-6,19H,7-8H2. The Balaban J connectivity index is 1.93. The summed E-state index contributed by atoms with van der Waals surface area (Å²) in [6, 6.07) is 10.7. The fourth-order valence-corrected chi connectivity index (χ4v) is 2.97. The lowest BCUT2D eigenvalue weighted by Crippen LogP contribution is -2.25. The molecule has 1 amide bonds. The molecule has 0 aliphatic carbocycles. The van der Waals surface area contributed by atoms with Crippen LogP contribution in [0, 0.1) is 0 Å². The number of carbonyl (C=O) groups is 1. The van der Waals surface area contributed by atoms with Crippen molar-refractivity contribution in [2.24, 2.45) is 0 Å². The minimum atomic E-state index is -0.291. The van der Waals surface area contributed by atoms with Crippen LogP contribution in [0.4, 0.5) is 0 Å². The van der Waals surface area contributed by atoms with Gasteiger partial charge in [0.2, 0.25) is 0 Å². The average molecular weight is 308 g/mol. The number of hydrogen-bond donors (Lipinski definition) is 1. The molecule has 1 heterocycles. The maximum absolute atomic E-state index is 12.5. The highest BCUT2D eigenvalue weighted by Crippen LogP contribution is 2.33. The van der Waals surface area contributed by atoms with Gasteiger partial charge in [0.25, 0.3) is 5.91 Å². The molecule has 0 atom stereocenters. The highest BCUT2D eigenvalue weighted by Gasteiger charge is 2.27. The molecule has 0 fully saturated rings. The van der Waals surface area contributed by atoms with E-state index in [1.807, 2.05) is 24.3 Å². The topological polar surface area (TPSA) is 40.5 Å². The summed E-state index contributed by atoms with van der Waals surface area (Å²) in [5, 5.41) is 10.4. The fourth-order valence-electron chi connectivity index (χ4n) is 2.41. The van der Waals surface area contributed by atoms with E-state index in [0.717, 1.165) is 11.1 Å². The molecule has 1 aliphatic heterocycles. The van der Waals surface area contributed by atoms with Gasteiger partial charge in [-0.3, -0.25) is 4.79 Å². The Kier molecular flexibility index (Phi) is 3.32. The van der Waals surface area contributed by atoms with Crippen LogP contribution < -0.4 is 0 Å². The van der Waals surface area contributed by atoms with Crippen molar-refractivity contribution in [2.75, 3.05) is 0 Å². The Morgan fingerprint density at radius 2 is 1.70 bits per heavy atom. The maximum Gasteiger partial charge on any atom is 0.259 e. The van der Waals surface area contributed by atoms with E-state index in [1.165, 1.54) is 12.1 Å². The van der Waals surface area contributed by atoms with Crippen molar-refractivity contribution in [1.82, 2.24) is 4.90 Å². The van der Waals surface area contributed by atoms with Gasteiger partial charge in [0.15, 0.2) is 0 Å². The minimum Gasteiger partial charge on any atom is -0.507 e. The molecule has 20 heavy (non-hydrogen) atoms. The van der Waals surface area contributed by atoms with Gasteiger partial charge in [-0.05, 0) is 23.3 Å².